The molecule has 2 N–H and O–H groups in total. The Balaban J connectivity index is 3.27. The number of benzene rings is 1. The first-order chi connectivity index (χ1) is 8.58. The zero-order valence-corrected chi connectivity index (χ0v) is 12.1. The van der Waals surface area contributed by atoms with Crippen LogP contribution in [0.5, 0.6) is 5.75 Å². The first-order valence-electron chi connectivity index (χ1n) is 6.52. The molecule has 0 aliphatic heterocycles. The Morgan fingerprint density at radius 1 is 1.33 bits per heavy atom. The van der Waals surface area contributed by atoms with Crippen molar-refractivity contribution in [1.82, 2.24) is 5.32 Å². The lowest BCUT2D eigenvalue weighted by atomic mass is 9.87. The Hall–Kier alpha value is -1.06. The molecule has 2 unspecified atom stereocenters. The summed E-state index contributed by atoms with van der Waals surface area (Å²) in [6.45, 7) is 6.44. The van der Waals surface area contributed by atoms with Crippen LogP contribution in [0.3, 0.4) is 0 Å². The molecule has 1 aromatic rings. The van der Waals surface area contributed by atoms with Gasteiger partial charge in [-0.05, 0) is 44.5 Å². The van der Waals surface area contributed by atoms with Gasteiger partial charge in [0.1, 0.15) is 5.75 Å². The van der Waals surface area contributed by atoms with Gasteiger partial charge in [0, 0.05) is 24.1 Å². The molecule has 0 aromatic heterocycles. The highest BCUT2D eigenvalue weighted by Gasteiger charge is 2.24. The van der Waals surface area contributed by atoms with Crippen molar-refractivity contribution in [3.8, 4) is 5.75 Å². The van der Waals surface area contributed by atoms with Crippen LogP contribution in [0.15, 0.2) is 12.1 Å². The highest BCUT2D eigenvalue weighted by molar-refractivity contribution is 5.45. The summed E-state index contributed by atoms with van der Waals surface area (Å²) in [6.07, 6.45) is 0.929. The summed E-state index contributed by atoms with van der Waals surface area (Å²) in [5.41, 5.74) is 3.56. The van der Waals surface area contributed by atoms with Crippen molar-refractivity contribution in [2.75, 3.05) is 20.8 Å². The molecule has 3 nitrogen and oxygen atoms in total. The molecular weight excluding hydrogens is 226 g/mol. The predicted octanol–water partition coefficient (Wildman–Crippen LogP) is 2.59. The molecule has 0 saturated carbocycles. The van der Waals surface area contributed by atoms with E-state index in [1.807, 2.05) is 7.05 Å². The maximum atomic E-state index is 9.52. The van der Waals surface area contributed by atoms with Crippen LogP contribution in [-0.4, -0.2) is 25.9 Å². The molecule has 0 aliphatic rings. The molecule has 102 valence electrons. The molecule has 0 fully saturated rings. The SMILES string of the molecule is CCC(CO)C(NC)c1c(C)cc(C)cc1OC. The molecule has 0 amide bonds. The summed E-state index contributed by atoms with van der Waals surface area (Å²) in [4.78, 5) is 0. The molecular formula is C15H25NO2. The van der Waals surface area contributed by atoms with E-state index in [4.69, 9.17) is 4.74 Å². The van der Waals surface area contributed by atoms with E-state index >= 15 is 0 Å². The van der Waals surface area contributed by atoms with Gasteiger partial charge in [-0.3, -0.25) is 0 Å². The lowest BCUT2D eigenvalue weighted by Gasteiger charge is -2.28. The van der Waals surface area contributed by atoms with Crippen molar-refractivity contribution in [3.63, 3.8) is 0 Å². The highest BCUT2D eigenvalue weighted by Crippen LogP contribution is 2.34. The van der Waals surface area contributed by atoms with E-state index in [9.17, 15) is 5.11 Å². The second kappa shape index (κ2) is 6.76. The summed E-state index contributed by atoms with van der Waals surface area (Å²) in [5.74, 6) is 1.10. The van der Waals surface area contributed by atoms with E-state index in [1.165, 1.54) is 11.1 Å². The number of rotatable bonds is 6. The monoisotopic (exact) mass is 251 g/mol. The van der Waals surface area contributed by atoms with E-state index in [0.717, 1.165) is 17.7 Å². The minimum Gasteiger partial charge on any atom is -0.496 e. The molecule has 18 heavy (non-hydrogen) atoms. The highest BCUT2D eigenvalue weighted by atomic mass is 16.5. The van der Waals surface area contributed by atoms with Gasteiger partial charge in [-0.15, -0.1) is 0 Å². The first kappa shape index (κ1) is 15.0. The predicted molar refractivity (Wildman–Crippen MR) is 75.1 cm³/mol. The number of aryl methyl sites for hydroxylation is 2. The van der Waals surface area contributed by atoms with Crippen LogP contribution in [-0.2, 0) is 0 Å². The van der Waals surface area contributed by atoms with Crippen LogP contribution in [0.25, 0.3) is 0 Å². The van der Waals surface area contributed by atoms with E-state index < -0.39 is 0 Å². The quantitative estimate of drug-likeness (QED) is 0.816. The lowest BCUT2D eigenvalue weighted by molar-refractivity contribution is 0.187. The lowest BCUT2D eigenvalue weighted by Crippen LogP contribution is -2.28. The second-order valence-electron chi connectivity index (χ2n) is 4.82. The minimum absolute atomic E-state index is 0.121. The van der Waals surface area contributed by atoms with Gasteiger partial charge in [-0.2, -0.15) is 0 Å². The number of ether oxygens (including phenoxy) is 1. The number of hydrogen-bond donors (Lipinski definition) is 2. The van der Waals surface area contributed by atoms with Crippen LogP contribution in [0, 0.1) is 19.8 Å². The Morgan fingerprint density at radius 2 is 2.00 bits per heavy atom. The van der Waals surface area contributed by atoms with Crippen molar-refractivity contribution in [2.24, 2.45) is 5.92 Å². The average Bonchev–Trinajstić information content (AvgIpc) is 2.36. The number of aliphatic hydroxyl groups excluding tert-OH is 1. The Kier molecular flexibility index (Phi) is 5.63. The van der Waals surface area contributed by atoms with Crippen molar-refractivity contribution in [2.45, 2.75) is 33.2 Å². The summed E-state index contributed by atoms with van der Waals surface area (Å²) < 4.78 is 5.51. The summed E-state index contributed by atoms with van der Waals surface area (Å²) in [5, 5.41) is 12.8. The molecule has 0 saturated heterocycles. The molecule has 1 rings (SSSR count). The average molecular weight is 251 g/mol. The first-order valence-corrected chi connectivity index (χ1v) is 6.52. The number of nitrogens with one attached hydrogen (secondary N) is 1. The molecule has 0 aliphatic carbocycles. The Bertz CT molecular complexity index is 386. The third-order valence-electron chi connectivity index (χ3n) is 3.57. The van der Waals surface area contributed by atoms with Crippen molar-refractivity contribution < 1.29 is 9.84 Å². The summed E-state index contributed by atoms with van der Waals surface area (Å²) in [6, 6.07) is 4.33. The van der Waals surface area contributed by atoms with Gasteiger partial charge in [-0.25, -0.2) is 0 Å². The minimum atomic E-state index is 0.121. The standard InChI is InChI=1S/C15H25NO2/c1-6-12(9-17)15(16-4)14-11(3)7-10(2)8-13(14)18-5/h7-8,12,15-17H,6,9H2,1-5H3. The van der Waals surface area contributed by atoms with Gasteiger partial charge in [-0.1, -0.05) is 13.0 Å². The topological polar surface area (TPSA) is 41.5 Å². The van der Waals surface area contributed by atoms with E-state index in [2.05, 4.69) is 38.2 Å². The largest absolute Gasteiger partial charge is 0.496 e. The molecule has 0 radical (unpaired) electrons. The second-order valence-corrected chi connectivity index (χ2v) is 4.82. The summed E-state index contributed by atoms with van der Waals surface area (Å²) in [7, 11) is 3.63. The normalized spacial score (nSPS) is 14.3. The summed E-state index contributed by atoms with van der Waals surface area (Å²) >= 11 is 0. The van der Waals surface area contributed by atoms with Crippen molar-refractivity contribution >= 4 is 0 Å². The van der Waals surface area contributed by atoms with E-state index in [1.54, 1.807) is 7.11 Å². The Morgan fingerprint density at radius 3 is 2.44 bits per heavy atom. The van der Waals surface area contributed by atoms with Gasteiger partial charge in [0.2, 0.25) is 0 Å². The third kappa shape index (κ3) is 3.03. The molecule has 1 aromatic carbocycles. The Labute approximate surface area is 110 Å². The molecule has 0 spiro atoms. The number of methoxy groups -OCH3 is 1. The zero-order valence-electron chi connectivity index (χ0n) is 12.1. The zero-order chi connectivity index (χ0) is 13.7. The van der Waals surface area contributed by atoms with Gasteiger partial charge in [0.05, 0.1) is 7.11 Å². The van der Waals surface area contributed by atoms with Gasteiger partial charge < -0.3 is 15.2 Å². The fourth-order valence-corrected chi connectivity index (χ4v) is 2.59. The molecule has 3 heteroatoms. The number of aliphatic hydroxyl groups is 1. The van der Waals surface area contributed by atoms with Gasteiger partial charge in [0.15, 0.2) is 0 Å². The maximum absolute atomic E-state index is 9.52. The van der Waals surface area contributed by atoms with Crippen LogP contribution < -0.4 is 10.1 Å². The third-order valence-corrected chi connectivity index (χ3v) is 3.57. The van der Waals surface area contributed by atoms with Crippen LogP contribution >= 0.6 is 0 Å². The van der Waals surface area contributed by atoms with Crippen molar-refractivity contribution in [1.29, 1.82) is 0 Å². The van der Waals surface area contributed by atoms with E-state index in [0.29, 0.717) is 0 Å². The van der Waals surface area contributed by atoms with Crippen LogP contribution in [0.2, 0.25) is 0 Å². The molecule has 2 atom stereocenters. The molecule has 0 heterocycles. The van der Waals surface area contributed by atoms with E-state index in [-0.39, 0.29) is 18.6 Å². The fourth-order valence-electron chi connectivity index (χ4n) is 2.59. The number of hydrogen-bond acceptors (Lipinski definition) is 3. The van der Waals surface area contributed by atoms with Gasteiger partial charge in [0.25, 0.3) is 0 Å². The smallest absolute Gasteiger partial charge is 0.124 e. The van der Waals surface area contributed by atoms with Crippen LogP contribution in [0.1, 0.15) is 36.1 Å². The van der Waals surface area contributed by atoms with Crippen molar-refractivity contribution in [3.05, 3.63) is 28.8 Å². The van der Waals surface area contributed by atoms with Gasteiger partial charge >= 0.3 is 0 Å². The molecule has 0 bridgehead atoms. The van der Waals surface area contributed by atoms with Crippen LogP contribution in [0.4, 0.5) is 0 Å². The fraction of sp³-hybridized carbons (Fsp3) is 0.600. The maximum Gasteiger partial charge on any atom is 0.124 e.